The third-order valence-corrected chi connectivity index (χ3v) is 9.80. The Morgan fingerprint density at radius 1 is 1.24 bits per heavy atom. The second-order valence-corrected chi connectivity index (χ2v) is 13.2. The van der Waals surface area contributed by atoms with Crippen molar-refractivity contribution in [2.24, 2.45) is 0 Å². The minimum atomic E-state index is -1.70. The minimum Gasteiger partial charge on any atom is -0.413 e. The lowest BCUT2D eigenvalue weighted by Crippen LogP contribution is -2.41. The molecule has 0 aliphatic heterocycles. The standard InChI is InChI=1S/C17H28O2SSi/c1-15(14-19-21(5,6)17(2,3)4)12-13-20(18)16-10-8-7-9-11-16/h7-12H,13-14H2,1-6H3/b15-12-. The van der Waals surface area contributed by atoms with E-state index in [1.807, 2.05) is 36.4 Å². The van der Waals surface area contributed by atoms with Gasteiger partial charge in [0.2, 0.25) is 0 Å². The molecule has 0 bridgehead atoms. The highest BCUT2D eigenvalue weighted by Crippen LogP contribution is 2.36. The lowest BCUT2D eigenvalue weighted by molar-refractivity contribution is 0.318. The van der Waals surface area contributed by atoms with Crippen LogP contribution in [0.4, 0.5) is 0 Å². The first kappa shape index (κ1) is 18.3. The molecule has 1 aromatic rings. The molecular weight excluding hydrogens is 296 g/mol. The maximum atomic E-state index is 12.1. The quantitative estimate of drug-likeness (QED) is 0.557. The molecule has 1 unspecified atom stereocenters. The zero-order valence-corrected chi connectivity index (χ0v) is 15.9. The molecule has 21 heavy (non-hydrogen) atoms. The molecule has 0 fully saturated rings. The van der Waals surface area contributed by atoms with Gasteiger partial charge < -0.3 is 4.43 Å². The molecule has 1 aromatic carbocycles. The molecule has 2 nitrogen and oxygen atoms in total. The van der Waals surface area contributed by atoms with Crippen molar-refractivity contribution in [2.75, 3.05) is 12.4 Å². The molecule has 0 spiro atoms. The molecule has 0 N–H and O–H groups in total. The minimum absolute atomic E-state index is 0.222. The fraction of sp³-hybridized carbons (Fsp3) is 0.529. The van der Waals surface area contributed by atoms with Crippen molar-refractivity contribution in [3.63, 3.8) is 0 Å². The van der Waals surface area contributed by atoms with E-state index < -0.39 is 19.1 Å². The van der Waals surface area contributed by atoms with Gasteiger partial charge in [0.15, 0.2) is 8.32 Å². The summed E-state index contributed by atoms with van der Waals surface area (Å²) in [6.45, 7) is 13.9. The van der Waals surface area contributed by atoms with E-state index in [4.69, 9.17) is 4.43 Å². The van der Waals surface area contributed by atoms with Gasteiger partial charge in [-0.05, 0) is 37.2 Å². The average molecular weight is 325 g/mol. The van der Waals surface area contributed by atoms with Gasteiger partial charge in [0.05, 0.1) is 17.4 Å². The third-order valence-electron chi connectivity index (χ3n) is 4.06. The van der Waals surface area contributed by atoms with E-state index in [1.165, 1.54) is 0 Å². The van der Waals surface area contributed by atoms with Crippen LogP contribution in [0, 0.1) is 0 Å². The van der Waals surface area contributed by atoms with E-state index in [0.29, 0.717) is 12.4 Å². The lowest BCUT2D eigenvalue weighted by atomic mass is 10.2. The zero-order chi connectivity index (χ0) is 16.1. The van der Waals surface area contributed by atoms with Gasteiger partial charge in [0.1, 0.15) is 0 Å². The molecule has 0 saturated heterocycles. The van der Waals surface area contributed by atoms with Crippen LogP contribution in [0.1, 0.15) is 27.7 Å². The van der Waals surface area contributed by atoms with Crippen LogP contribution in [-0.4, -0.2) is 24.9 Å². The zero-order valence-electron chi connectivity index (χ0n) is 14.1. The van der Waals surface area contributed by atoms with Crippen LogP contribution < -0.4 is 0 Å². The van der Waals surface area contributed by atoms with E-state index in [2.05, 4.69) is 40.8 Å². The summed E-state index contributed by atoms with van der Waals surface area (Å²) in [6, 6.07) is 9.60. The van der Waals surface area contributed by atoms with Gasteiger partial charge >= 0.3 is 0 Å². The average Bonchev–Trinajstić information content (AvgIpc) is 2.42. The second kappa shape index (κ2) is 7.52. The van der Waals surface area contributed by atoms with E-state index >= 15 is 0 Å². The predicted molar refractivity (Wildman–Crippen MR) is 94.6 cm³/mol. The maximum absolute atomic E-state index is 12.1. The molecular formula is C17H28O2SSi. The van der Waals surface area contributed by atoms with Crippen LogP contribution >= 0.6 is 0 Å². The summed E-state index contributed by atoms with van der Waals surface area (Å²) >= 11 is 0. The van der Waals surface area contributed by atoms with E-state index in [0.717, 1.165) is 10.5 Å². The number of hydrogen-bond donors (Lipinski definition) is 0. The van der Waals surface area contributed by atoms with Crippen LogP contribution in [-0.2, 0) is 15.2 Å². The maximum Gasteiger partial charge on any atom is 0.192 e. The van der Waals surface area contributed by atoms with Gasteiger partial charge in [-0.2, -0.15) is 0 Å². The molecule has 0 aromatic heterocycles. The van der Waals surface area contributed by atoms with Crippen LogP contribution in [0.3, 0.4) is 0 Å². The molecule has 0 heterocycles. The van der Waals surface area contributed by atoms with Crippen molar-refractivity contribution in [3.05, 3.63) is 42.0 Å². The Labute approximate surface area is 133 Å². The Morgan fingerprint density at radius 2 is 1.81 bits per heavy atom. The molecule has 0 aliphatic carbocycles. The third kappa shape index (κ3) is 5.89. The van der Waals surface area contributed by atoms with E-state index in [9.17, 15) is 4.21 Å². The summed E-state index contributed by atoms with van der Waals surface area (Å²) in [7, 11) is -2.67. The van der Waals surface area contributed by atoms with Gasteiger partial charge in [-0.15, -0.1) is 0 Å². The van der Waals surface area contributed by atoms with Crippen LogP contribution in [0.15, 0.2) is 46.9 Å². The molecule has 4 heteroatoms. The Morgan fingerprint density at radius 3 is 2.33 bits per heavy atom. The fourth-order valence-electron chi connectivity index (χ4n) is 1.46. The van der Waals surface area contributed by atoms with Crippen LogP contribution in [0.25, 0.3) is 0 Å². The van der Waals surface area contributed by atoms with Crippen molar-refractivity contribution in [1.29, 1.82) is 0 Å². The highest BCUT2D eigenvalue weighted by molar-refractivity contribution is 7.85. The monoisotopic (exact) mass is 324 g/mol. The second-order valence-electron chi connectivity index (χ2n) is 6.92. The smallest absolute Gasteiger partial charge is 0.192 e. The lowest BCUT2D eigenvalue weighted by Gasteiger charge is -2.36. The van der Waals surface area contributed by atoms with Crippen molar-refractivity contribution in [3.8, 4) is 0 Å². The Hall–Kier alpha value is -0.713. The number of benzene rings is 1. The van der Waals surface area contributed by atoms with Gasteiger partial charge in [-0.3, -0.25) is 4.21 Å². The van der Waals surface area contributed by atoms with Crippen molar-refractivity contribution in [1.82, 2.24) is 0 Å². The molecule has 0 amide bonds. The molecule has 0 saturated carbocycles. The first-order valence-electron chi connectivity index (χ1n) is 7.36. The topological polar surface area (TPSA) is 26.3 Å². The largest absolute Gasteiger partial charge is 0.413 e. The molecule has 0 aliphatic rings. The fourth-order valence-corrected chi connectivity index (χ4v) is 3.57. The summed E-state index contributed by atoms with van der Waals surface area (Å²) < 4.78 is 18.3. The van der Waals surface area contributed by atoms with Crippen LogP contribution in [0.5, 0.6) is 0 Å². The van der Waals surface area contributed by atoms with Crippen molar-refractivity contribution >= 4 is 19.1 Å². The predicted octanol–water partition coefficient (Wildman–Crippen LogP) is 4.76. The van der Waals surface area contributed by atoms with Gasteiger partial charge in [-0.25, -0.2) is 0 Å². The Kier molecular flexibility index (Phi) is 6.57. The Balaban J connectivity index is 2.53. The summed E-state index contributed by atoms with van der Waals surface area (Å²) in [4.78, 5) is 0.881. The highest BCUT2D eigenvalue weighted by Gasteiger charge is 2.36. The first-order valence-corrected chi connectivity index (χ1v) is 11.6. The summed E-state index contributed by atoms with van der Waals surface area (Å²) in [6.07, 6.45) is 2.04. The van der Waals surface area contributed by atoms with E-state index in [1.54, 1.807) is 0 Å². The van der Waals surface area contributed by atoms with Crippen LogP contribution in [0.2, 0.25) is 18.1 Å². The summed E-state index contributed by atoms with van der Waals surface area (Å²) in [5.74, 6) is 0.552. The van der Waals surface area contributed by atoms with Crippen molar-refractivity contribution < 1.29 is 8.63 Å². The first-order chi connectivity index (χ1) is 9.63. The van der Waals surface area contributed by atoms with Gasteiger partial charge in [0.25, 0.3) is 0 Å². The van der Waals surface area contributed by atoms with Gasteiger partial charge in [-0.1, -0.05) is 50.6 Å². The molecule has 118 valence electrons. The SMILES string of the molecule is C/C(=C/CS(=O)c1ccccc1)CO[Si](C)(C)C(C)(C)C. The Bertz CT molecular complexity index is 501. The highest BCUT2D eigenvalue weighted by atomic mass is 32.2. The van der Waals surface area contributed by atoms with Gasteiger partial charge in [0, 0.05) is 10.6 Å². The number of hydrogen-bond acceptors (Lipinski definition) is 2. The number of rotatable bonds is 6. The summed E-state index contributed by atoms with van der Waals surface area (Å²) in [5, 5.41) is 0.222. The molecule has 1 rings (SSSR count). The van der Waals surface area contributed by atoms with E-state index in [-0.39, 0.29) is 5.04 Å². The van der Waals surface area contributed by atoms with Crippen molar-refractivity contribution in [2.45, 2.75) is 50.7 Å². The normalized spacial score (nSPS) is 15.0. The molecule has 0 radical (unpaired) electrons. The molecule has 1 atom stereocenters. The summed E-state index contributed by atoms with van der Waals surface area (Å²) in [5.41, 5.74) is 1.16.